The third-order valence-corrected chi connectivity index (χ3v) is 6.60. The van der Waals surface area contributed by atoms with Crippen molar-refractivity contribution in [3.63, 3.8) is 0 Å². The molecule has 1 aliphatic heterocycles. The van der Waals surface area contributed by atoms with E-state index in [2.05, 4.69) is 15.6 Å². The topological polar surface area (TPSA) is 108 Å². The fourth-order valence-electron chi connectivity index (χ4n) is 3.83. The molecule has 8 nitrogen and oxygen atoms in total. The lowest BCUT2D eigenvalue weighted by molar-refractivity contribution is -0.143. The van der Waals surface area contributed by atoms with Crippen molar-refractivity contribution in [2.24, 2.45) is 5.41 Å². The van der Waals surface area contributed by atoms with Crippen molar-refractivity contribution in [1.82, 2.24) is 20.5 Å². The van der Waals surface area contributed by atoms with Crippen LogP contribution in [0.1, 0.15) is 45.4 Å². The Labute approximate surface area is 197 Å². The van der Waals surface area contributed by atoms with E-state index in [1.807, 2.05) is 57.5 Å². The van der Waals surface area contributed by atoms with Gasteiger partial charge in [-0.25, -0.2) is 4.98 Å². The van der Waals surface area contributed by atoms with E-state index in [9.17, 15) is 19.2 Å². The molecule has 2 heterocycles. The van der Waals surface area contributed by atoms with Crippen LogP contribution in [-0.2, 0) is 25.7 Å². The maximum Gasteiger partial charge on any atom is 0.246 e. The zero-order valence-corrected chi connectivity index (χ0v) is 20.4. The molecule has 9 heteroatoms. The number of aromatic nitrogens is 1. The average molecular weight is 471 g/mol. The van der Waals surface area contributed by atoms with Crippen LogP contribution in [-0.4, -0.2) is 52.0 Å². The molecule has 1 aromatic heterocycles. The van der Waals surface area contributed by atoms with Crippen molar-refractivity contribution in [1.29, 1.82) is 0 Å². The molecule has 0 saturated carbocycles. The molecule has 0 bridgehead atoms. The molecular weight excluding hydrogens is 440 g/mol. The Morgan fingerprint density at radius 3 is 2.42 bits per heavy atom. The summed E-state index contributed by atoms with van der Waals surface area (Å²) in [6, 6.07) is 6.12. The van der Waals surface area contributed by atoms with Gasteiger partial charge in [0, 0.05) is 19.9 Å². The number of thiazole rings is 1. The third kappa shape index (κ3) is 5.84. The summed E-state index contributed by atoms with van der Waals surface area (Å²) in [4.78, 5) is 56.6. The van der Waals surface area contributed by atoms with Crippen LogP contribution in [0.4, 0.5) is 0 Å². The lowest BCUT2D eigenvalue weighted by atomic mass is 9.85. The van der Waals surface area contributed by atoms with Gasteiger partial charge in [0.05, 0.1) is 22.6 Å². The van der Waals surface area contributed by atoms with E-state index in [0.717, 1.165) is 21.7 Å². The van der Waals surface area contributed by atoms with Gasteiger partial charge in [-0.1, -0.05) is 45.0 Å². The minimum atomic E-state index is -0.886. The van der Waals surface area contributed by atoms with Crippen LogP contribution < -0.4 is 10.6 Å². The molecule has 33 heavy (non-hydrogen) atoms. The summed E-state index contributed by atoms with van der Waals surface area (Å²) in [6.07, 6.45) is -0.0297. The maximum absolute atomic E-state index is 13.2. The molecule has 0 radical (unpaired) electrons. The van der Waals surface area contributed by atoms with Gasteiger partial charge >= 0.3 is 0 Å². The van der Waals surface area contributed by atoms with E-state index in [-0.39, 0.29) is 37.1 Å². The van der Waals surface area contributed by atoms with Gasteiger partial charge in [-0.05, 0) is 23.5 Å². The van der Waals surface area contributed by atoms with E-state index in [4.69, 9.17) is 0 Å². The first-order chi connectivity index (χ1) is 15.5. The number of benzene rings is 1. The molecular formula is C24H30N4O4S. The SMILES string of the molecule is CC(=O)NC(C(=O)N1CC(=O)CC1C(=O)NCc1ccc(-c2scnc2C)cc1)C(C)(C)C. The number of nitrogens with one attached hydrogen (secondary N) is 2. The zero-order valence-electron chi connectivity index (χ0n) is 19.6. The number of aryl methyl sites for hydroxylation is 1. The van der Waals surface area contributed by atoms with E-state index in [1.165, 1.54) is 11.8 Å². The number of nitrogens with zero attached hydrogens (tertiary/aromatic N) is 2. The second-order valence-corrected chi connectivity index (χ2v) is 10.3. The second kappa shape index (κ2) is 9.82. The van der Waals surface area contributed by atoms with Crippen LogP contribution in [0.5, 0.6) is 0 Å². The van der Waals surface area contributed by atoms with Crippen molar-refractivity contribution in [3.05, 3.63) is 41.0 Å². The summed E-state index contributed by atoms with van der Waals surface area (Å²) >= 11 is 1.58. The predicted molar refractivity (Wildman–Crippen MR) is 126 cm³/mol. The van der Waals surface area contributed by atoms with Crippen molar-refractivity contribution >= 4 is 34.8 Å². The van der Waals surface area contributed by atoms with Gasteiger partial charge in [-0.3, -0.25) is 19.2 Å². The Morgan fingerprint density at radius 1 is 1.21 bits per heavy atom. The Balaban J connectivity index is 1.68. The van der Waals surface area contributed by atoms with Gasteiger partial charge in [0.15, 0.2) is 5.78 Å². The smallest absolute Gasteiger partial charge is 0.246 e. The summed E-state index contributed by atoms with van der Waals surface area (Å²) in [7, 11) is 0. The predicted octanol–water partition coefficient (Wildman–Crippen LogP) is 2.46. The number of hydrogen-bond donors (Lipinski definition) is 2. The molecule has 2 unspecified atom stereocenters. The van der Waals surface area contributed by atoms with Crippen LogP contribution >= 0.6 is 11.3 Å². The minimum absolute atomic E-state index is 0.0297. The first-order valence-corrected chi connectivity index (χ1v) is 11.7. The first kappa shape index (κ1) is 24.6. The molecule has 0 aliphatic carbocycles. The molecule has 176 valence electrons. The standard InChI is InChI=1S/C24H30N4O4S/c1-14-20(33-13-26-14)17-8-6-16(7-9-17)11-25-22(31)19-10-18(30)12-28(19)23(32)21(24(3,4)5)27-15(2)29/h6-9,13,19,21H,10-12H2,1-5H3,(H,25,31)(H,27,29). The molecule has 2 N–H and O–H groups in total. The number of hydrogen-bond acceptors (Lipinski definition) is 6. The molecule has 1 saturated heterocycles. The molecule has 3 rings (SSSR count). The third-order valence-electron chi connectivity index (χ3n) is 5.62. The summed E-state index contributed by atoms with van der Waals surface area (Å²) in [5.41, 5.74) is 4.18. The van der Waals surface area contributed by atoms with Gasteiger partial charge in [-0.2, -0.15) is 0 Å². The van der Waals surface area contributed by atoms with Crippen molar-refractivity contribution < 1.29 is 19.2 Å². The van der Waals surface area contributed by atoms with Crippen LogP contribution in [0, 0.1) is 12.3 Å². The zero-order chi connectivity index (χ0) is 24.3. The van der Waals surface area contributed by atoms with Gasteiger partial charge in [0.1, 0.15) is 12.1 Å². The molecule has 2 atom stereocenters. The van der Waals surface area contributed by atoms with E-state index in [0.29, 0.717) is 0 Å². The summed E-state index contributed by atoms with van der Waals surface area (Å²) in [5.74, 6) is -1.32. The minimum Gasteiger partial charge on any atom is -0.350 e. The van der Waals surface area contributed by atoms with Gasteiger partial charge in [0.25, 0.3) is 0 Å². The van der Waals surface area contributed by atoms with Gasteiger partial charge in [0.2, 0.25) is 17.7 Å². The van der Waals surface area contributed by atoms with Gasteiger partial charge < -0.3 is 15.5 Å². The Kier molecular flexibility index (Phi) is 7.31. The van der Waals surface area contributed by atoms with Crippen LogP contribution in [0.15, 0.2) is 29.8 Å². The summed E-state index contributed by atoms with van der Waals surface area (Å²) < 4.78 is 0. The lowest BCUT2D eigenvalue weighted by Gasteiger charge is -2.34. The number of carbonyl (C=O) groups is 4. The van der Waals surface area contributed by atoms with E-state index in [1.54, 1.807) is 11.3 Å². The number of amides is 3. The fourth-order valence-corrected chi connectivity index (χ4v) is 4.65. The number of ketones is 1. The second-order valence-electron chi connectivity index (χ2n) is 9.41. The molecule has 1 aromatic carbocycles. The highest BCUT2D eigenvalue weighted by atomic mass is 32.1. The molecule has 1 fully saturated rings. The Bertz CT molecular complexity index is 1060. The van der Waals surface area contributed by atoms with Crippen molar-refractivity contribution in [2.75, 3.05) is 6.54 Å². The molecule has 1 aliphatic rings. The highest BCUT2D eigenvalue weighted by Crippen LogP contribution is 2.27. The number of Topliss-reactive ketones (excluding diaryl/α,β-unsaturated/α-hetero) is 1. The summed E-state index contributed by atoms with van der Waals surface area (Å²) in [5, 5.41) is 5.52. The van der Waals surface area contributed by atoms with Crippen molar-refractivity contribution in [3.8, 4) is 10.4 Å². The first-order valence-electron chi connectivity index (χ1n) is 10.8. The van der Waals surface area contributed by atoms with Crippen LogP contribution in [0.25, 0.3) is 10.4 Å². The van der Waals surface area contributed by atoms with E-state index < -0.39 is 23.4 Å². The number of likely N-dealkylation sites (tertiary alicyclic amines) is 1. The molecule has 0 spiro atoms. The average Bonchev–Trinajstić information content (AvgIpc) is 3.35. The number of carbonyl (C=O) groups excluding carboxylic acids is 4. The monoisotopic (exact) mass is 470 g/mol. The highest BCUT2D eigenvalue weighted by molar-refractivity contribution is 7.13. The fraction of sp³-hybridized carbons (Fsp3) is 0.458. The Morgan fingerprint density at radius 2 is 1.88 bits per heavy atom. The Hall–Kier alpha value is -3.07. The summed E-state index contributed by atoms with van der Waals surface area (Å²) in [6.45, 7) is 8.94. The lowest BCUT2D eigenvalue weighted by Crippen LogP contribution is -2.57. The molecule has 2 aromatic rings. The highest BCUT2D eigenvalue weighted by Gasteiger charge is 2.44. The molecule has 3 amide bonds. The van der Waals surface area contributed by atoms with Gasteiger partial charge in [-0.15, -0.1) is 11.3 Å². The quantitative estimate of drug-likeness (QED) is 0.674. The maximum atomic E-state index is 13.2. The van der Waals surface area contributed by atoms with E-state index >= 15 is 0 Å². The van der Waals surface area contributed by atoms with Crippen LogP contribution in [0.3, 0.4) is 0 Å². The van der Waals surface area contributed by atoms with Crippen LogP contribution in [0.2, 0.25) is 0 Å². The normalized spacial score (nSPS) is 17.1. The number of rotatable bonds is 6. The largest absolute Gasteiger partial charge is 0.350 e. The van der Waals surface area contributed by atoms with Crippen molar-refractivity contribution in [2.45, 2.75) is 59.7 Å².